The number of carbonyl (C=O) groups is 2. The number of halogens is 1. The minimum atomic E-state index is -0.990. The molecule has 1 aromatic heterocycles. The molecule has 0 aliphatic carbocycles. The number of ether oxygens (including phenoxy) is 1. The van der Waals surface area contributed by atoms with Crippen LogP contribution in [0.5, 0.6) is 0 Å². The van der Waals surface area contributed by atoms with E-state index in [-0.39, 0.29) is 0 Å². The lowest BCUT2D eigenvalue weighted by atomic mass is 10.2. The van der Waals surface area contributed by atoms with Gasteiger partial charge in [-0.05, 0) is 37.3 Å². The summed E-state index contributed by atoms with van der Waals surface area (Å²) >= 11 is 0. The van der Waals surface area contributed by atoms with Crippen LogP contribution in [0.1, 0.15) is 17.3 Å². The first-order valence-corrected chi connectivity index (χ1v) is 7.38. The summed E-state index contributed by atoms with van der Waals surface area (Å²) in [5.41, 5.74) is 1.61. The van der Waals surface area contributed by atoms with Crippen molar-refractivity contribution in [1.82, 2.24) is 4.98 Å². The first-order chi connectivity index (χ1) is 11.5. The Kier molecular flexibility index (Phi) is 4.29. The summed E-state index contributed by atoms with van der Waals surface area (Å²) in [6.45, 7) is 1.48. The number of hydrogen-bond donors (Lipinski definition) is 2. The molecule has 3 aromatic rings. The number of esters is 1. The molecule has 1 heterocycles. The lowest BCUT2D eigenvalue weighted by molar-refractivity contribution is -0.123. The summed E-state index contributed by atoms with van der Waals surface area (Å²) < 4.78 is 18.1. The molecule has 3 rings (SSSR count). The van der Waals surface area contributed by atoms with Crippen LogP contribution in [0, 0.1) is 5.82 Å². The summed E-state index contributed by atoms with van der Waals surface area (Å²) in [6.07, 6.45) is 0.564. The van der Waals surface area contributed by atoms with Gasteiger partial charge >= 0.3 is 5.97 Å². The number of carbonyl (C=O) groups excluding carboxylic acids is 2. The average Bonchev–Trinajstić information content (AvgIpc) is 3.01. The Morgan fingerprint density at radius 3 is 2.58 bits per heavy atom. The van der Waals surface area contributed by atoms with Crippen molar-refractivity contribution in [2.24, 2.45) is 0 Å². The summed E-state index contributed by atoms with van der Waals surface area (Å²) in [5.74, 6) is -1.48. The van der Waals surface area contributed by atoms with E-state index in [1.165, 1.54) is 31.2 Å². The normalized spacial score (nSPS) is 11.9. The van der Waals surface area contributed by atoms with Gasteiger partial charge in [-0.3, -0.25) is 4.79 Å². The summed E-state index contributed by atoms with van der Waals surface area (Å²) in [6, 6.07) is 12.6. The molecule has 0 saturated carbocycles. The van der Waals surface area contributed by atoms with Crippen LogP contribution < -0.4 is 5.32 Å². The molecule has 0 bridgehead atoms. The minimum absolute atomic E-state index is 0.368. The van der Waals surface area contributed by atoms with Crippen LogP contribution in [0.25, 0.3) is 10.9 Å². The fraction of sp³-hybridized carbons (Fsp3) is 0.111. The number of nitrogens with one attached hydrogen (secondary N) is 2. The second kappa shape index (κ2) is 6.54. The van der Waals surface area contributed by atoms with Gasteiger partial charge in [-0.2, -0.15) is 0 Å². The lowest BCUT2D eigenvalue weighted by Gasteiger charge is -2.13. The number of H-pyrrole nitrogens is 1. The van der Waals surface area contributed by atoms with Crippen molar-refractivity contribution in [2.75, 3.05) is 5.32 Å². The quantitative estimate of drug-likeness (QED) is 0.721. The molecule has 0 aliphatic rings. The fourth-order valence-corrected chi connectivity index (χ4v) is 2.30. The maximum Gasteiger partial charge on any atom is 0.341 e. The highest BCUT2D eigenvalue weighted by molar-refractivity contribution is 6.05. The molecule has 1 amide bonds. The molecule has 0 radical (unpaired) electrons. The van der Waals surface area contributed by atoms with Gasteiger partial charge in [-0.15, -0.1) is 0 Å². The van der Waals surface area contributed by atoms with E-state index >= 15 is 0 Å². The van der Waals surface area contributed by atoms with Crippen molar-refractivity contribution in [3.63, 3.8) is 0 Å². The van der Waals surface area contributed by atoms with E-state index in [1.54, 1.807) is 12.3 Å². The van der Waals surface area contributed by atoms with Gasteiger partial charge in [0.25, 0.3) is 5.91 Å². The molecule has 2 N–H and O–H groups in total. The number of anilines is 1. The average molecular weight is 326 g/mol. The predicted octanol–water partition coefficient (Wildman–Crippen LogP) is 3.49. The maximum absolute atomic E-state index is 12.9. The smallest absolute Gasteiger partial charge is 0.341 e. The van der Waals surface area contributed by atoms with Crippen LogP contribution in [0.4, 0.5) is 10.1 Å². The Morgan fingerprint density at radius 1 is 1.12 bits per heavy atom. The fourth-order valence-electron chi connectivity index (χ4n) is 2.30. The Morgan fingerprint density at radius 2 is 1.83 bits per heavy atom. The molecule has 122 valence electrons. The number of benzene rings is 2. The standard InChI is InChI=1S/C18H15FN2O3/c1-11(17(22)21-13-8-6-12(19)7-9-13)24-18(23)15-10-20-16-5-3-2-4-14(15)16/h2-11,20H,1H3,(H,21,22)/t11-/m1/s1. The van der Waals surface area contributed by atoms with Gasteiger partial charge < -0.3 is 15.0 Å². The van der Waals surface area contributed by atoms with Gasteiger partial charge in [0.1, 0.15) is 5.82 Å². The number of fused-ring (bicyclic) bond motifs is 1. The third-order valence-corrected chi connectivity index (χ3v) is 3.57. The molecule has 5 nitrogen and oxygen atoms in total. The van der Waals surface area contributed by atoms with Crippen molar-refractivity contribution in [3.05, 3.63) is 66.1 Å². The lowest BCUT2D eigenvalue weighted by Crippen LogP contribution is -2.29. The van der Waals surface area contributed by atoms with E-state index in [0.29, 0.717) is 11.3 Å². The molecule has 2 aromatic carbocycles. The Labute approximate surface area is 137 Å². The van der Waals surface area contributed by atoms with E-state index in [4.69, 9.17) is 4.74 Å². The van der Waals surface area contributed by atoms with Gasteiger partial charge in [-0.25, -0.2) is 9.18 Å². The largest absolute Gasteiger partial charge is 0.449 e. The molecular weight excluding hydrogens is 311 g/mol. The van der Waals surface area contributed by atoms with E-state index in [1.807, 2.05) is 18.2 Å². The predicted molar refractivity (Wildman–Crippen MR) is 88.2 cm³/mol. The SMILES string of the molecule is C[C@@H](OC(=O)c1c[nH]c2ccccc12)C(=O)Nc1ccc(F)cc1. The number of amides is 1. The van der Waals surface area contributed by atoms with Crippen molar-refractivity contribution >= 4 is 28.5 Å². The molecule has 6 heteroatoms. The third-order valence-electron chi connectivity index (χ3n) is 3.57. The Bertz CT molecular complexity index is 887. The van der Waals surface area contributed by atoms with Crippen molar-refractivity contribution in [1.29, 1.82) is 0 Å². The van der Waals surface area contributed by atoms with Crippen LogP contribution in [-0.4, -0.2) is 23.0 Å². The van der Waals surface area contributed by atoms with Crippen molar-refractivity contribution in [3.8, 4) is 0 Å². The molecule has 0 saturated heterocycles. The number of aromatic amines is 1. The zero-order chi connectivity index (χ0) is 17.1. The molecule has 0 fully saturated rings. The first kappa shape index (κ1) is 15.7. The van der Waals surface area contributed by atoms with Crippen LogP contribution in [0.3, 0.4) is 0 Å². The van der Waals surface area contributed by atoms with Gasteiger partial charge in [0.15, 0.2) is 6.10 Å². The number of aromatic nitrogens is 1. The molecule has 24 heavy (non-hydrogen) atoms. The first-order valence-electron chi connectivity index (χ1n) is 7.38. The van der Waals surface area contributed by atoms with Crippen molar-refractivity contribution < 1.29 is 18.7 Å². The zero-order valence-corrected chi connectivity index (χ0v) is 12.9. The van der Waals surface area contributed by atoms with Gasteiger partial charge in [0.2, 0.25) is 0 Å². The third kappa shape index (κ3) is 3.27. The second-order valence-corrected chi connectivity index (χ2v) is 5.29. The highest BCUT2D eigenvalue weighted by Gasteiger charge is 2.21. The molecular formula is C18H15FN2O3. The maximum atomic E-state index is 12.9. The van der Waals surface area contributed by atoms with Gasteiger partial charge in [-0.1, -0.05) is 18.2 Å². The summed E-state index contributed by atoms with van der Waals surface area (Å²) in [4.78, 5) is 27.3. The van der Waals surface area contributed by atoms with Crippen LogP contribution >= 0.6 is 0 Å². The van der Waals surface area contributed by atoms with Gasteiger partial charge in [0, 0.05) is 22.8 Å². The Balaban J connectivity index is 1.67. The van der Waals surface area contributed by atoms with E-state index in [0.717, 1.165) is 10.9 Å². The summed E-state index contributed by atoms with van der Waals surface area (Å²) in [7, 11) is 0. The minimum Gasteiger partial charge on any atom is -0.449 e. The van der Waals surface area contributed by atoms with E-state index in [2.05, 4.69) is 10.3 Å². The van der Waals surface area contributed by atoms with Crippen LogP contribution in [0.2, 0.25) is 0 Å². The number of rotatable bonds is 4. The molecule has 0 aliphatic heterocycles. The van der Waals surface area contributed by atoms with Crippen LogP contribution in [0.15, 0.2) is 54.7 Å². The zero-order valence-electron chi connectivity index (χ0n) is 12.9. The number of hydrogen-bond acceptors (Lipinski definition) is 3. The summed E-state index contributed by atoms with van der Waals surface area (Å²) in [5, 5.41) is 3.30. The topological polar surface area (TPSA) is 71.2 Å². The van der Waals surface area contributed by atoms with Crippen LogP contribution in [-0.2, 0) is 9.53 Å². The van der Waals surface area contributed by atoms with Gasteiger partial charge in [0.05, 0.1) is 5.56 Å². The highest BCUT2D eigenvalue weighted by Crippen LogP contribution is 2.19. The van der Waals surface area contributed by atoms with E-state index in [9.17, 15) is 14.0 Å². The monoisotopic (exact) mass is 326 g/mol. The second-order valence-electron chi connectivity index (χ2n) is 5.29. The highest BCUT2D eigenvalue weighted by atomic mass is 19.1. The Hall–Kier alpha value is -3.15. The number of para-hydroxylation sites is 1. The molecule has 0 unspecified atom stereocenters. The van der Waals surface area contributed by atoms with E-state index < -0.39 is 23.8 Å². The van der Waals surface area contributed by atoms with Crippen molar-refractivity contribution in [2.45, 2.75) is 13.0 Å². The molecule has 1 atom stereocenters. The molecule has 0 spiro atoms.